The number of hydrazone groups is 1. The third-order valence-corrected chi connectivity index (χ3v) is 3.38. The first kappa shape index (κ1) is 16.8. The largest absolute Gasteiger partial charge is 0.497 e. The van der Waals surface area contributed by atoms with Gasteiger partial charge in [0.25, 0.3) is 5.91 Å². The summed E-state index contributed by atoms with van der Waals surface area (Å²) in [4.78, 5) is 12.0. The standard InChI is InChI=1S/C17H18ClN3O2/c1-12(20-15-7-5-14(18)6-8-15)17(22)21-19-11-13-3-9-16(23-2)10-4-13/h3-12,20H,1-2H3,(H,21,22). The molecular weight excluding hydrogens is 314 g/mol. The highest BCUT2D eigenvalue weighted by atomic mass is 35.5. The minimum atomic E-state index is -0.427. The third kappa shape index (κ3) is 5.30. The van der Waals surface area contributed by atoms with Crippen molar-refractivity contribution in [2.75, 3.05) is 12.4 Å². The van der Waals surface area contributed by atoms with Crippen LogP contribution < -0.4 is 15.5 Å². The fourth-order valence-electron chi connectivity index (χ4n) is 1.82. The molecule has 6 heteroatoms. The number of nitrogens with zero attached hydrogens (tertiary/aromatic N) is 1. The highest BCUT2D eigenvalue weighted by Crippen LogP contribution is 2.14. The van der Waals surface area contributed by atoms with Gasteiger partial charge in [0.2, 0.25) is 0 Å². The van der Waals surface area contributed by atoms with Crippen LogP contribution in [0.25, 0.3) is 0 Å². The van der Waals surface area contributed by atoms with E-state index in [0.29, 0.717) is 5.02 Å². The number of methoxy groups -OCH3 is 1. The van der Waals surface area contributed by atoms with Crippen LogP contribution in [-0.4, -0.2) is 25.3 Å². The van der Waals surface area contributed by atoms with Crippen molar-refractivity contribution in [3.63, 3.8) is 0 Å². The van der Waals surface area contributed by atoms with Crippen molar-refractivity contribution in [2.24, 2.45) is 5.10 Å². The predicted octanol–water partition coefficient (Wildman–Crippen LogP) is 3.30. The van der Waals surface area contributed by atoms with Crippen LogP contribution in [0.2, 0.25) is 5.02 Å². The zero-order valence-corrected chi connectivity index (χ0v) is 13.7. The minimum absolute atomic E-state index is 0.232. The van der Waals surface area contributed by atoms with Crippen molar-refractivity contribution in [1.29, 1.82) is 0 Å². The molecule has 0 aliphatic heterocycles. The van der Waals surface area contributed by atoms with Crippen LogP contribution in [0.5, 0.6) is 5.75 Å². The quantitative estimate of drug-likeness (QED) is 0.630. The monoisotopic (exact) mass is 331 g/mol. The molecule has 1 atom stereocenters. The number of ether oxygens (including phenoxy) is 1. The number of hydrogen-bond acceptors (Lipinski definition) is 4. The molecule has 0 radical (unpaired) electrons. The van der Waals surface area contributed by atoms with E-state index in [2.05, 4.69) is 15.8 Å². The Bertz CT molecular complexity index is 669. The summed E-state index contributed by atoms with van der Waals surface area (Å²) >= 11 is 5.82. The molecule has 2 aromatic carbocycles. The summed E-state index contributed by atoms with van der Waals surface area (Å²) in [6, 6.07) is 14.1. The summed E-state index contributed by atoms with van der Waals surface area (Å²) in [6.45, 7) is 1.76. The van der Waals surface area contributed by atoms with Crippen molar-refractivity contribution in [2.45, 2.75) is 13.0 Å². The Hall–Kier alpha value is -2.53. The van der Waals surface area contributed by atoms with E-state index in [-0.39, 0.29) is 5.91 Å². The molecule has 23 heavy (non-hydrogen) atoms. The molecule has 0 fully saturated rings. The van der Waals surface area contributed by atoms with E-state index in [9.17, 15) is 4.79 Å². The molecule has 0 heterocycles. The summed E-state index contributed by atoms with van der Waals surface area (Å²) in [5.41, 5.74) is 4.18. The van der Waals surface area contributed by atoms with Gasteiger partial charge in [-0.05, 0) is 61.0 Å². The van der Waals surface area contributed by atoms with Gasteiger partial charge in [0, 0.05) is 10.7 Å². The Morgan fingerprint density at radius 2 is 1.83 bits per heavy atom. The second kappa shape index (κ2) is 8.19. The number of hydrogen-bond donors (Lipinski definition) is 2. The molecule has 0 spiro atoms. The maximum absolute atomic E-state index is 12.0. The number of nitrogens with one attached hydrogen (secondary N) is 2. The molecule has 0 aliphatic rings. The number of halogens is 1. The number of benzene rings is 2. The molecule has 0 bridgehead atoms. The Kier molecular flexibility index (Phi) is 6.00. The molecule has 5 nitrogen and oxygen atoms in total. The maximum atomic E-state index is 12.0. The molecule has 1 amide bonds. The summed E-state index contributed by atoms with van der Waals surface area (Å²) in [5, 5.41) is 7.67. The number of rotatable bonds is 6. The van der Waals surface area contributed by atoms with Crippen molar-refractivity contribution in [1.82, 2.24) is 5.43 Å². The molecule has 0 aromatic heterocycles. The fourth-order valence-corrected chi connectivity index (χ4v) is 1.94. The van der Waals surface area contributed by atoms with Crippen LogP contribution in [0.4, 0.5) is 5.69 Å². The maximum Gasteiger partial charge on any atom is 0.262 e. The zero-order valence-electron chi connectivity index (χ0n) is 12.9. The summed E-state index contributed by atoms with van der Waals surface area (Å²) in [6.07, 6.45) is 1.58. The third-order valence-electron chi connectivity index (χ3n) is 3.12. The number of carbonyl (C=O) groups excluding carboxylic acids is 1. The van der Waals surface area contributed by atoms with E-state index < -0.39 is 6.04 Å². The lowest BCUT2D eigenvalue weighted by atomic mass is 10.2. The van der Waals surface area contributed by atoms with E-state index in [1.807, 2.05) is 36.4 Å². The summed E-state index contributed by atoms with van der Waals surface area (Å²) < 4.78 is 5.08. The van der Waals surface area contributed by atoms with Crippen molar-refractivity contribution >= 4 is 29.4 Å². The van der Waals surface area contributed by atoms with Gasteiger partial charge in [0.05, 0.1) is 13.3 Å². The van der Waals surface area contributed by atoms with Crippen LogP contribution in [-0.2, 0) is 4.79 Å². The molecule has 0 saturated carbocycles. The highest BCUT2D eigenvalue weighted by molar-refractivity contribution is 6.30. The molecule has 2 N–H and O–H groups in total. The van der Waals surface area contributed by atoms with Gasteiger partial charge in [-0.1, -0.05) is 11.6 Å². The average Bonchev–Trinajstić information content (AvgIpc) is 2.57. The Balaban J connectivity index is 1.85. The van der Waals surface area contributed by atoms with Crippen LogP contribution in [0.3, 0.4) is 0 Å². The zero-order chi connectivity index (χ0) is 16.7. The number of anilines is 1. The van der Waals surface area contributed by atoms with Gasteiger partial charge >= 0.3 is 0 Å². The molecule has 0 saturated heterocycles. The molecule has 1 unspecified atom stereocenters. The van der Waals surface area contributed by atoms with Gasteiger partial charge in [0.1, 0.15) is 11.8 Å². The Morgan fingerprint density at radius 1 is 1.17 bits per heavy atom. The molecule has 2 aromatic rings. The van der Waals surface area contributed by atoms with Crippen molar-refractivity contribution < 1.29 is 9.53 Å². The Morgan fingerprint density at radius 3 is 2.43 bits per heavy atom. The summed E-state index contributed by atoms with van der Waals surface area (Å²) in [7, 11) is 1.61. The lowest BCUT2D eigenvalue weighted by molar-refractivity contribution is -0.121. The lowest BCUT2D eigenvalue weighted by Crippen LogP contribution is -2.34. The SMILES string of the molecule is COc1ccc(C=NNC(=O)C(C)Nc2ccc(Cl)cc2)cc1. The topological polar surface area (TPSA) is 62.7 Å². The smallest absolute Gasteiger partial charge is 0.262 e. The van der Waals surface area contributed by atoms with Gasteiger partial charge in [-0.25, -0.2) is 5.43 Å². The molecule has 120 valence electrons. The molecular formula is C17H18ClN3O2. The number of amides is 1. The van der Waals surface area contributed by atoms with Gasteiger partial charge in [-0.2, -0.15) is 5.10 Å². The van der Waals surface area contributed by atoms with Crippen LogP contribution >= 0.6 is 11.6 Å². The highest BCUT2D eigenvalue weighted by Gasteiger charge is 2.11. The first-order valence-corrected chi connectivity index (χ1v) is 7.45. The normalized spacial score (nSPS) is 12.0. The van der Waals surface area contributed by atoms with E-state index in [1.165, 1.54) is 0 Å². The van der Waals surface area contributed by atoms with Crippen LogP contribution in [0, 0.1) is 0 Å². The van der Waals surface area contributed by atoms with Gasteiger partial charge in [-0.3, -0.25) is 4.79 Å². The molecule has 2 rings (SSSR count). The minimum Gasteiger partial charge on any atom is -0.497 e. The fraction of sp³-hybridized carbons (Fsp3) is 0.176. The van der Waals surface area contributed by atoms with Crippen LogP contribution in [0.15, 0.2) is 53.6 Å². The molecule has 0 aliphatic carbocycles. The lowest BCUT2D eigenvalue weighted by Gasteiger charge is -2.13. The van der Waals surface area contributed by atoms with Crippen molar-refractivity contribution in [3.8, 4) is 5.75 Å². The van der Waals surface area contributed by atoms with E-state index in [1.54, 1.807) is 32.4 Å². The number of carbonyl (C=O) groups is 1. The van der Waals surface area contributed by atoms with Gasteiger partial charge < -0.3 is 10.1 Å². The first-order valence-electron chi connectivity index (χ1n) is 7.07. The second-order valence-corrected chi connectivity index (χ2v) is 5.32. The van der Waals surface area contributed by atoms with E-state index >= 15 is 0 Å². The first-order chi connectivity index (χ1) is 11.1. The van der Waals surface area contributed by atoms with E-state index in [0.717, 1.165) is 17.0 Å². The van der Waals surface area contributed by atoms with Crippen LogP contribution in [0.1, 0.15) is 12.5 Å². The Labute approximate surface area is 140 Å². The van der Waals surface area contributed by atoms with Gasteiger partial charge in [-0.15, -0.1) is 0 Å². The second-order valence-electron chi connectivity index (χ2n) is 4.88. The predicted molar refractivity (Wildman–Crippen MR) is 93.3 cm³/mol. The summed E-state index contributed by atoms with van der Waals surface area (Å²) in [5.74, 6) is 0.539. The van der Waals surface area contributed by atoms with Crippen molar-refractivity contribution in [3.05, 3.63) is 59.1 Å². The van der Waals surface area contributed by atoms with E-state index in [4.69, 9.17) is 16.3 Å². The average molecular weight is 332 g/mol. The van der Waals surface area contributed by atoms with Gasteiger partial charge in [0.15, 0.2) is 0 Å².